The average Bonchev–Trinajstić information content (AvgIpc) is 2.96. The van der Waals surface area contributed by atoms with E-state index in [0.717, 1.165) is 83.1 Å². The summed E-state index contributed by atoms with van der Waals surface area (Å²) in [5.74, 6) is 2.27. The first-order valence-corrected chi connectivity index (χ1v) is 11.3. The third-order valence-electron chi connectivity index (χ3n) is 5.64. The topological polar surface area (TPSA) is 57.2 Å². The number of hydrogen-bond donors (Lipinski definition) is 1. The van der Waals surface area contributed by atoms with Gasteiger partial charge in [0.2, 0.25) is 5.91 Å². The van der Waals surface area contributed by atoms with Crippen LogP contribution in [0, 0.1) is 0 Å². The van der Waals surface area contributed by atoms with Gasteiger partial charge in [-0.15, -0.1) is 24.0 Å². The molecular formula is C23H37IN4O2. The van der Waals surface area contributed by atoms with Crippen LogP contribution in [0.5, 0.6) is 5.75 Å². The molecule has 2 fully saturated rings. The molecule has 7 heteroatoms. The van der Waals surface area contributed by atoms with Crippen LogP contribution >= 0.6 is 24.0 Å². The molecule has 0 bridgehead atoms. The van der Waals surface area contributed by atoms with Crippen molar-refractivity contribution in [3.8, 4) is 5.75 Å². The summed E-state index contributed by atoms with van der Waals surface area (Å²) < 4.78 is 6.10. The van der Waals surface area contributed by atoms with Gasteiger partial charge in [-0.2, -0.15) is 0 Å². The number of rotatable bonds is 7. The molecular weight excluding hydrogens is 491 g/mol. The number of nitrogens with one attached hydrogen (secondary N) is 1. The third kappa shape index (κ3) is 7.96. The van der Waals surface area contributed by atoms with Crippen molar-refractivity contribution >= 4 is 35.8 Å². The molecule has 0 atom stereocenters. The highest BCUT2D eigenvalue weighted by atomic mass is 127. The lowest BCUT2D eigenvalue weighted by Gasteiger charge is -2.34. The number of likely N-dealkylation sites (tertiary alicyclic amines) is 2. The minimum atomic E-state index is 0. The van der Waals surface area contributed by atoms with Crippen molar-refractivity contribution in [1.82, 2.24) is 15.1 Å². The fraction of sp³-hybridized carbons (Fsp3) is 0.652. The second-order valence-electron chi connectivity index (χ2n) is 7.90. The Labute approximate surface area is 198 Å². The minimum absolute atomic E-state index is 0. The van der Waals surface area contributed by atoms with E-state index in [-0.39, 0.29) is 30.1 Å². The molecule has 1 N–H and O–H groups in total. The maximum absolute atomic E-state index is 12.1. The zero-order valence-electron chi connectivity index (χ0n) is 18.2. The molecule has 168 valence electrons. The van der Waals surface area contributed by atoms with Crippen LogP contribution in [0.15, 0.2) is 35.3 Å². The number of nitrogens with zero attached hydrogens (tertiary/aromatic N) is 3. The van der Waals surface area contributed by atoms with E-state index in [4.69, 9.17) is 9.73 Å². The zero-order chi connectivity index (χ0) is 20.3. The lowest BCUT2D eigenvalue weighted by Crippen LogP contribution is -2.47. The van der Waals surface area contributed by atoms with Gasteiger partial charge in [0.1, 0.15) is 11.9 Å². The van der Waals surface area contributed by atoms with Crippen molar-refractivity contribution in [2.45, 2.75) is 58.0 Å². The van der Waals surface area contributed by atoms with Gasteiger partial charge in [0.15, 0.2) is 5.96 Å². The van der Waals surface area contributed by atoms with Crippen molar-refractivity contribution in [3.05, 3.63) is 30.3 Å². The summed E-state index contributed by atoms with van der Waals surface area (Å²) in [6.07, 6.45) is 7.27. The standard InChI is InChI=1S/C23H36N4O2.HI/c1-2-24-23(25-15-9-17-26-16-8-4-7-12-22(26)28)27-18-13-21(14-19-27)29-20-10-5-3-6-11-20;/h3,5-6,10-11,21H,2,4,7-9,12-19H2,1H3,(H,24,25);1H. The Balaban J connectivity index is 0.00000320. The molecule has 0 unspecified atom stereocenters. The fourth-order valence-corrected chi connectivity index (χ4v) is 4.02. The number of ether oxygens (including phenoxy) is 1. The van der Waals surface area contributed by atoms with Gasteiger partial charge < -0.3 is 19.9 Å². The van der Waals surface area contributed by atoms with E-state index in [0.29, 0.717) is 12.3 Å². The van der Waals surface area contributed by atoms with Crippen LogP contribution in [-0.2, 0) is 4.79 Å². The summed E-state index contributed by atoms with van der Waals surface area (Å²) in [7, 11) is 0. The molecule has 2 aliphatic rings. The number of carbonyl (C=O) groups excluding carboxylic acids is 1. The quantitative estimate of drug-likeness (QED) is 0.253. The van der Waals surface area contributed by atoms with E-state index in [1.165, 1.54) is 6.42 Å². The highest BCUT2D eigenvalue weighted by Crippen LogP contribution is 2.18. The summed E-state index contributed by atoms with van der Waals surface area (Å²) >= 11 is 0. The fourth-order valence-electron chi connectivity index (χ4n) is 4.02. The minimum Gasteiger partial charge on any atom is -0.490 e. The second kappa shape index (κ2) is 13.7. The number of hydrogen-bond acceptors (Lipinski definition) is 3. The Kier molecular flexibility index (Phi) is 11.3. The Hall–Kier alpha value is -1.51. The van der Waals surface area contributed by atoms with Gasteiger partial charge in [0, 0.05) is 58.5 Å². The molecule has 30 heavy (non-hydrogen) atoms. The summed E-state index contributed by atoms with van der Waals surface area (Å²) in [4.78, 5) is 21.3. The normalized spacial score (nSPS) is 18.6. The third-order valence-corrected chi connectivity index (χ3v) is 5.64. The maximum Gasteiger partial charge on any atom is 0.222 e. The maximum atomic E-state index is 12.1. The second-order valence-corrected chi connectivity index (χ2v) is 7.90. The van der Waals surface area contributed by atoms with E-state index in [2.05, 4.69) is 17.1 Å². The molecule has 0 aromatic heterocycles. The number of piperidine rings is 1. The predicted molar refractivity (Wildman–Crippen MR) is 133 cm³/mol. The van der Waals surface area contributed by atoms with Gasteiger partial charge in [0.05, 0.1) is 0 Å². The van der Waals surface area contributed by atoms with Gasteiger partial charge in [-0.3, -0.25) is 9.79 Å². The molecule has 3 rings (SSSR count). The first-order valence-electron chi connectivity index (χ1n) is 11.3. The highest BCUT2D eigenvalue weighted by Gasteiger charge is 2.22. The van der Waals surface area contributed by atoms with E-state index in [1.54, 1.807) is 0 Å². The van der Waals surface area contributed by atoms with Crippen LogP contribution in [0.3, 0.4) is 0 Å². The number of para-hydroxylation sites is 1. The Morgan fingerprint density at radius 2 is 1.90 bits per heavy atom. The molecule has 0 saturated carbocycles. The molecule has 0 radical (unpaired) electrons. The smallest absolute Gasteiger partial charge is 0.222 e. The highest BCUT2D eigenvalue weighted by molar-refractivity contribution is 14.0. The molecule has 1 aromatic carbocycles. The van der Waals surface area contributed by atoms with E-state index in [1.807, 2.05) is 35.2 Å². The number of aliphatic imine (C=N–C) groups is 1. The summed E-state index contributed by atoms with van der Waals surface area (Å²) in [6.45, 7) is 7.38. The van der Waals surface area contributed by atoms with E-state index >= 15 is 0 Å². The molecule has 2 heterocycles. The van der Waals surface area contributed by atoms with Gasteiger partial charge in [-0.05, 0) is 38.3 Å². The summed E-state index contributed by atoms with van der Waals surface area (Å²) in [5, 5.41) is 3.43. The monoisotopic (exact) mass is 528 g/mol. The molecule has 0 spiro atoms. The van der Waals surface area contributed by atoms with Crippen molar-refractivity contribution in [3.63, 3.8) is 0 Å². The van der Waals surface area contributed by atoms with Gasteiger partial charge >= 0.3 is 0 Å². The van der Waals surface area contributed by atoms with Crippen LogP contribution in [0.4, 0.5) is 0 Å². The van der Waals surface area contributed by atoms with Crippen LogP contribution in [0.2, 0.25) is 0 Å². The van der Waals surface area contributed by atoms with Crippen LogP contribution in [0.1, 0.15) is 51.9 Å². The van der Waals surface area contributed by atoms with Crippen molar-refractivity contribution in [2.24, 2.45) is 4.99 Å². The van der Waals surface area contributed by atoms with Crippen molar-refractivity contribution in [2.75, 3.05) is 39.3 Å². The number of halogens is 1. The first kappa shape index (κ1) is 24.8. The van der Waals surface area contributed by atoms with Crippen LogP contribution in [-0.4, -0.2) is 67.0 Å². The van der Waals surface area contributed by atoms with Crippen molar-refractivity contribution < 1.29 is 9.53 Å². The SMILES string of the molecule is CCNC(=NCCCN1CCCCCC1=O)N1CCC(Oc2ccccc2)CC1.I. The Morgan fingerprint density at radius 1 is 1.13 bits per heavy atom. The molecule has 1 amide bonds. The molecule has 0 aliphatic carbocycles. The summed E-state index contributed by atoms with van der Waals surface area (Å²) in [6, 6.07) is 10.1. The van der Waals surface area contributed by atoms with Crippen molar-refractivity contribution in [1.29, 1.82) is 0 Å². The summed E-state index contributed by atoms with van der Waals surface area (Å²) in [5.41, 5.74) is 0. The number of amides is 1. The van der Waals surface area contributed by atoms with Crippen LogP contribution in [0.25, 0.3) is 0 Å². The lowest BCUT2D eigenvalue weighted by molar-refractivity contribution is -0.130. The van der Waals surface area contributed by atoms with Crippen LogP contribution < -0.4 is 10.1 Å². The number of guanidine groups is 1. The Bertz CT molecular complexity index is 648. The average molecular weight is 528 g/mol. The number of benzene rings is 1. The predicted octanol–water partition coefficient (Wildman–Crippen LogP) is 3.91. The molecule has 2 saturated heterocycles. The van der Waals surface area contributed by atoms with E-state index in [9.17, 15) is 4.79 Å². The largest absolute Gasteiger partial charge is 0.490 e. The first-order chi connectivity index (χ1) is 14.3. The van der Waals surface area contributed by atoms with E-state index < -0.39 is 0 Å². The van der Waals surface area contributed by atoms with Gasteiger partial charge in [-0.25, -0.2) is 0 Å². The number of carbonyl (C=O) groups is 1. The molecule has 6 nitrogen and oxygen atoms in total. The Morgan fingerprint density at radius 3 is 2.63 bits per heavy atom. The molecule has 2 aliphatic heterocycles. The van der Waals surface area contributed by atoms with Gasteiger partial charge in [0.25, 0.3) is 0 Å². The zero-order valence-corrected chi connectivity index (χ0v) is 20.6. The molecule has 1 aromatic rings. The van der Waals surface area contributed by atoms with Gasteiger partial charge in [-0.1, -0.05) is 24.6 Å². The lowest BCUT2D eigenvalue weighted by atomic mass is 10.1.